The Hall–Kier alpha value is -0.830. The van der Waals surface area contributed by atoms with Crippen LogP contribution < -0.4 is 10.6 Å². The van der Waals surface area contributed by atoms with Crippen molar-refractivity contribution in [3.8, 4) is 0 Å². The highest BCUT2D eigenvalue weighted by Crippen LogP contribution is 2.20. The second kappa shape index (κ2) is 10.0. The highest BCUT2D eigenvalue weighted by Gasteiger charge is 2.22. The molecule has 0 radical (unpaired) electrons. The molecular formula is C15H25IN4OS. The molecule has 0 saturated carbocycles. The first-order valence-electron chi connectivity index (χ1n) is 7.40. The number of nitrogens with one attached hydrogen (secondary N) is 2. The number of thiophene rings is 1. The molecule has 2 N–H and O–H groups in total. The number of aliphatic imine (C=N–C) groups is 1. The highest BCUT2D eigenvalue weighted by molar-refractivity contribution is 14.0. The van der Waals surface area contributed by atoms with Gasteiger partial charge in [-0.25, -0.2) is 0 Å². The van der Waals surface area contributed by atoms with E-state index in [1.165, 1.54) is 5.56 Å². The van der Waals surface area contributed by atoms with Gasteiger partial charge in [-0.3, -0.25) is 9.79 Å². The van der Waals surface area contributed by atoms with Crippen LogP contribution in [0, 0.1) is 5.92 Å². The molecule has 1 aromatic heterocycles. The summed E-state index contributed by atoms with van der Waals surface area (Å²) in [6, 6.07) is 2.13. The van der Waals surface area contributed by atoms with E-state index in [4.69, 9.17) is 0 Å². The number of likely N-dealkylation sites (tertiary alicyclic amines) is 1. The number of carbonyl (C=O) groups excluding carboxylic acids is 1. The number of guanidine groups is 1. The van der Waals surface area contributed by atoms with Gasteiger partial charge in [0.25, 0.3) is 0 Å². The van der Waals surface area contributed by atoms with Gasteiger partial charge >= 0.3 is 0 Å². The minimum atomic E-state index is 0. The quantitative estimate of drug-likeness (QED) is 0.433. The van der Waals surface area contributed by atoms with Crippen LogP contribution in [0.15, 0.2) is 21.8 Å². The third-order valence-corrected chi connectivity index (χ3v) is 4.64. The minimum Gasteiger partial charge on any atom is -0.359 e. The molecule has 0 atom stereocenters. The molecule has 124 valence electrons. The topological polar surface area (TPSA) is 56.7 Å². The molecular weight excluding hydrogens is 411 g/mol. The third kappa shape index (κ3) is 5.75. The van der Waals surface area contributed by atoms with Crippen molar-refractivity contribution in [2.75, 3.05) is 27.2 Å². The summed E-state index contributed by atoms with van der Waals surface area (Å²) >= 11 is 1.71. The summed E-state index contributed by atoms with van der Waals surface area (Å²) in [5.74, 6) is 1.60. The Kier molecular flexibility index (Phi) is 8.77. The second-order valence-corrected chi connectivity index (χ2v) is 6.12. The van der Waals surface area contributed by atoms with Crippen molar-refractivity contribution in [1.29, 1.82) is 0 Å². The Morgan fingerprint density at radius 1 is 1.45 bits per heavy atom. The van der Waals surface area contributed by atoms with E-state index in [-0.39, 0.29) is 29.9 Å². The zero-order chi connectivity index (χ0) is 15.1. The van der Waals surface area contributed by atoms with E-state index >= 15 is 0 Å². The first-order chi connectivity index (χ1) is 10.2. The molecule has 0 bridgehead atoms. The third-order valence-electron chi connectivity index (χ3n) is 3.91. The van der Waals surface area contributed by atoms with E-state index in [2.05, 4.69) is 37.4 Å². The molecule has 1 aliphatic heterocycles. The highest BCUT2D eigenvalue weighted by atomic mass is 127. The Bertz CT molecular complexity index is 470. The maximum absolute atomic E-state index is 11.4. The van der Waals surface area contributed by atoms with Crippen molar-refractivity contribution in [3.63, 3.8) is 0 Å². The van der Waals surface area contributed by atoms with Gasteiger partial charge in [-0.05, 0) is 41.1 Å². The molecule has 2 rings (SSSR count). The lowest BCUT2D eigenvalue weighted by atomic mass is 9.93. The summed E-state index contributed by atoms with van der Waals surface area (Å²) < 4.78 is 0. The number of carbonyl (C=O) groups is 1. The standard InChI is InChI=1S/C15H24N4OS.HI/c1-16-14(20)9-12-3-6-19(7-4-12)15(17-2)18-10-13-5-8-21-11-13;/h5,8,11-12H,3-4,6-7,9-10H2,1-2H3,(H,16,20)(H,17,18);1H. The molecule has 0 spiro atoms. The van der Waals surface area contributed by atoms with E-state index in [0.29, 0.717) is 12.3 Å². The van der Waals surface area contributed by atoms with E-state index in [1.807, 2.05) is 7.05 Å². The average molecular weight is 436 g/mol. The van der Waals surface area contributed by atoms with Crippen LogP contribution in [0.2, 0.25) is 0 Å². The van der Waals surface area contributed by atoms with Crippen LogP contribution in [0.1, 0.15) is 24.8 Å². The number of hydrogen-bond acceptors (Lipinski definition) is 3. The number of hydrogen-bond donors (Lipinski definition) is 2. The molecule has 1 aliphatic rings. The van der Waals surface area contributed by atoms with E-state index in [1.54, 1.807) is 18.4 Å². The summed E-state index contributed by atoms with van der Waals surface area (Å²) in [4.78, 5) is 18.1. The predicted molar refractivity (Wildman–Crippen MR) is 103 cm³/mol. The minimum absolute atomic E-state index is 0. The van der Waals surface area contributed by atoms with Gasteiger partial charge in [0, 0.05) is 40.2 Å². The SMILES string of the molecule is CN=C(NCc1ccsc1)N1CCC(CC(=O)NC)CC1.I. The van der Waals surface area contributed by atoms with Crippen LogP contribution in [-0.4, -0.2) is 44.0 Å². The maximum atomic E-state index is 11.4. The molecule has 2 heterocycles. The van der Waals surface area contributed by atoms with E-state index in [9.17, 15) is 4.79 Å². The van der Waals surface area contributed by atoms with Gasteiger partial charge in [0.1, 0.15) is 0 Å². The molecule has 5 nitrogen and oxygen atoms in total. The first-order valence-corrected chi connectivity index (χ1v) is 8.34. The molecule has 1 aromatic rings. The monoisotopic (exact) mass is 436 g/mol. The van der Waals surface area contributed by atoms with Crippen molar-refractivity contribution in [2.24, 2.45) is 10.9 Å². The van der Waals surface area contributed by atoms with Crippen LogP contribution in [-0.2, 0) is 11.3 Å². The predicted octanol–water partition coefficient (Wildman–Crippen LogP) is 2.29. The fourth-order valence-corrected chi connectivity index (χ4v) is 3.29. The first kappa shape index (κ1) is 19.2. The molecule has 0 unspecified atom stereocenters. The van der Waals surface area contributed by atoms with Crippen LogP contribution >= 0.6 is 35.3 Å². The zero-order valence-electron chi connectivity index (χ0n) is 13.2. The molecule has 1 amide bonds. The molecule has 0 aromatic carbocycles. The average Bonchev–Trinajstić information content (AvgIpc) is 3.02. The van der Waals surface area contributed by atoms with Crippen molar-refractivity contribution >= 4 is 47.2 Å². The molecule has 0 aliphatic carbocycles. The van der Waals surface area contributed by atoms with Crippen LogP contribution in [0.25, 0.3) is 0 Å². The van der Waals surface area contributed by atoms with E-state index < -0.39 is 0 Å². The number of amides is 1. The Labute approximate surface area is 153 Å². The van der Waals surface area contributed by atoms with Crippen molar-refractivity contribution in [2.45, 2.75) is 25.8 Å². The second-order valence-electron chi connectivity index (χ2n) is 5.34. The van der Waals surface area contributed by atoms with Gasteiger partial charge in [0.05, 0.1) is 0 Å². The molecule has 22 heavy (non-hydrogen) atoms. The summed E-state index contributed by atoms with van der Waals surface area (Å²) in [5, 5.41) is 10.4. The van der Waals surface area contributed by atoms with Gasteiger partial charge in [-0.1, -0.05) is 0 Å². The largest absolute Gasteiger partial charge is 0.359 e. The Balaban J connectivity index is 0.00000242. The molecule has 1 saturated heterocycles. The van der Waals surface area contributed by atoms with Crippen LogP contribution in [0.3, 0.4) is 0 Å². The molecule has 1 fully saturated rings. The number of piperidine rings is 1. The van der Waals surface area contributed by atoms with Crippen molar-refractivity contribution < 1.29 is 4.79 Å². The summed E-state index contributed by atoms with van der Waals surface area (Å²) in [6.07, 6.45) is 2.74. The number of rotatable bonds is 4. The fourth-order valence-electron chi connectivity index (χ4n) is 2.62. The smallest absolute Gasteiger partial charge is 0.220 e. The van der Waals surface area contributed by atoms with Gasteiger partial charge < -0.3 is 15.5 Å². The fraction of sp³-hybridized carbons (Fsp3) is 0.600. The van der Waals surface area contributed by atoms with Crippen molar-refractivity contribution in [1.82, 2.24) is 15.5 Å². The Morgan fingerprint density at radius 3 is 2.73 bits per heavy atom. The van der Waals surface area contributed by atoms with Gasteiger partial charge in [-0.2, -0.15) is 11.3 Å². The maximum Gasteiger partial charge on any atom is 0.220 e. The number of nitrogens with zero attached hydrogens (tertiary/aromatic N) is 2. The zero-order valence-corrected chi connectivity index (χ0v) is 16.3. The lowest BCUT2D eigenvalue weighted by Gasteiger charge is -2.34. The van der Waals surface area contributed by atoms with Crippen molar-refractivity contribution in [3.05, 3.63) is 22.4 Å². The summed E-state index contributed by atoms with van der Waals surface area (Å²) in [7, 11) is 3.53. The summed E-state index contributed by atoms with van der Waals surface area (Å²) in [6.45, 7) is 2.74. The number of halogens is 1. The molecule has 7 heteroatoms. The van der Waals surface area contributed by atoms with Gasteiger partial charge in [0.2, 0.25) is 5.91 Å². The van der Waals surface area contributed by atoms with Crippen LogP contribution in [0.5, 0.6) is 0 Å². The van der Waals surface area contributed by atoms with Gasteiger partial charge in [-0.15, -0.1) is 24.0 Å². The summed E-state index contributed by atoms with van der Waals surface area (Å²) in [5.41, 5.74) is 1.29. The van der Waals surface area contributed by atoms with Gasteiger partial charge in [0.15, 0.2) is 5.96 Å². The lowest BCUT2D eigenvalue weighted by molar-refractivity contribution is -0.121. The van der Waals surface area contributed by atoms with Crippen LogP contribution in [0.4, 0.5) is 0 Å². The lowest BCUT2D eigenvalue weighted by Crippen LogP contribution is -2.45. The Morgan fingerprint density at radius 2 is 2.18 bits per heavy atom. The normalized spacial score (nSPS) is 16.1. The van der Waals surface area contributed by atoms with E-state index in [0.717, 1.165) is 38.4 Å².